The molecule has 2 heterocycles. The van der Waals surface area contributed by atoms with Gasteiger partial charge in [-0.25, -0.2) is 4.79 Å². The molecule has 0 bridgehead atoms. The summed E-state index contributed by atoms with van der Waals surface area (Å²) < 4.78 is 10.9. The van der Waals surface area contributed by atoms with E-state index in [0.29, 0.717) is 40.1 Å². The number of esters is 1. The van der Waals surface area contributed by atoms with Crippen LogP contribution in [0, 0.1) is 11.3 Å². The van der Waals surface area contributed by atoms with Crippen LogP contribution in [0.25, 0.3) is 16.7 Å². The van der Waals surface area contributed by atoms with Gasteiger partial charge in [0.25, 0.3) is 5.91 Å². The topological polar surface area (TPSA) is 100 Å². The van der Waals surface area contributed by atoms with Crippen LogP contribution in [0.5, 0.6) is 5.75 Å². The van der Waals surface area contributed by atoms with Crippen LogP contribution >= 0.6 is 23.2 Å². The standard InChI is InChI=1S/C30H23Cl2N3O4/c1-2-38-30(37)23(15-33)27-22-8-5-7-20(17-12-18(31)14-19(32)13-17)28(22)34-16-24(27)29(36)35-25-10-11-39-26-9-4-3-6-21(25)26/h3-9,12-14,16,25,34H,2,10-11H2,1H3,(H,35,36)/b27-23+. The number of ether oxygens (including phenoxy) is 2. The lowest BCUT2D eigenvalue weighted by Gasteiger charge is -2.29. The van der Waals surface area contributed by atoms with E-state index in [-0.39, 0.29) is 29.4 Å². The van der Waals surface area contributed by atoms with Crippen molar-refractivity contribution < 1.29 is 19.1 Å². The smallest absolute Gasteiger partial charge is 0.349 e. The van der Waals surface area contributed by atoms with Crippen molar-refractivity contribution in [2.75, 3.05) is 18.5 Å². The van der Waals surface area contributed by atoms with Gasteiger partial charge in [0, 0.05) is 44.9 Å². The number of carbonyl (C=O) groups is 2. The van der Waals surface area contributed by atoms with Crippen LogP contribution in [0.2, 0.25) is 10.0 Å². The Morgan fingerprint density at radius 3 is 2.59 bits per heavy atom. The summed E-state index contributed by atoms with van der Waals surface area (Å²) in [6, 6.07) is 19.7. The van der Waals surface area contributed by atoms with Gasteiger partial charge in [-0.15, -0.1) is 0 Å². The Hall–Kier alpha value is -4.25. The Balaban J connectivity index is 1.62. The summed E-state index contributed by atoms with van der Waals surface area (Å²) in [6.07, 6.45) is 2.08. The van der Waals surface area contributed by atoms with Crippen molar-refractivity contribution in [2.45, 2.75) is 19.4 Å². The van der Waals surface area contributed by atoms with Crippen LogP contribution in [0.15, 0.2) is 78.0 Å². The summed E-state index contributed by atoms with van der Waals surface area (Å²) in [5, 5.41) is 17.3. The van der Waals surface area contributed by atoms with Gasteiger partial charge in [0.1, 0.15) is 17.4 Å². The number of hydrogen-bond acceptors (Lipinski definition) is 6. The Kier molecular flexibility index (Phi) is 7.60. The third kappa shape index (κ3) is 5.22. The Morgan fingerprint density at radius 2 is 1.85 bits per heavy atom. The van der Waals surface area contributed by atoms with Crippen molar-refractivity contribution in [3.8, 4) is 22.9 Å². The summed E-state index contributed by atoms with van der Waals surface area (Å²) >= 11 is 12.5. The molecule has 2 N–H and O–H groups in total. The molecule has 0 fully saturated rings. The highest BCUT2D eigenvalue weighted by Crippen LogP contribution is 2.43. The third-order valence-corrected chi connectivity index (χ3v) is 6.92. The number of anilines is 1. The minimum Gasteiger partial charge on any atom is -0.493 e. The zero-order chi connectivity index (χ0) is 27.5. The van der Waals surface area contributed by atoms with E-state index in [1.54, 1.807) is 37.3 Å². The number of para-hydroxylation sites is 2. The van der Waals surface area contributed by atoms with Gasteiger partial charge in [-0.2, -0.15) is 5.26 Å². The molecular formula is C30H23Cl2N3O4. The normalized spacial score (nSPS) is 16.8. The number of nitrogens with zero attached hydrogens (tertiary/aromatic N) is 1. The molecule has 0 radical (unpaired) electrons. The average molecular weight is 560 g/mol. The summed E-state index contributed by atoms with van der Waals surface area (Å²) in [6.45, 7) is 2.18. The predicted octanol–water partition coefficient (Wildman–Crippen LogP) is 6.45. The number of nitriles is 1. The first-order valence-corrected chi connectivity index (χ1v) is 13.1. The molecule has 196 valence electrons. The lowest BCUT2D eigenvalue weighted by molar-refractivity contribution is -0.137. The van der Waals surface area contributed by atoms with Gasteiger partial charge in [0.05, 0.1) is 30.5 Å². The molecule has 39 heavy (non-hydrogen) atoms. The molecule has 3 aromatic carbocycles. The Morgan fingerprint density at radius 1 is 1.10 bits per heavy atom. The lowest BCUT2D eigenvalue weighted by atomic mass is 9.86. The molecule has 2 aliphatic rings. The maximum absolute atomic E-state index is 13.8. The molecule has 0 aromatic heterocycles. The van der Waals surface area contributed by atoms with E-state index in [0.717, 1.165) is 16.7 Å². The first-order valence-electron chi connectivity index (χ1n) is 12.3. The predicted molar refractivity (Wildman–Crippen MR) is 150 cm³/mol. The second-order valence-corrected chi connectivity index (χ2v) is 9.74. The molecule has 9 heteroatoms. The number of fused-ring (bicyclic) bond motifs is 2. The maximum atomic E-state index is 13.8. The number of nitrogens with one attached hydrogen (secondary N) is 2. The maximum Gasteiger partial charge on any atom is 0.349 e. The van der Waals surface area contributed by atoms with Crippen molar-refractivity contribution in [1.82, 2.24) is 5.32 Å². The molecule has 1 amide bonds. The molecule has 0 saturated heterocycles. The number of halogens is 2. The second-order valence-electron chi connectivity index (χ2n) is 8.87. The fraction of sp³-hybridized carbons (Fsp3) is 0.167. The zero-order valence-corrected chi connectivity index (χ0v) is 22.4. The van der Waals surface area contributed by atoms with E-state index in [4.69, 9.17) is 32.7 Å². The zero-order valence-electron chi connectivity index (χ0n) is 20.9. The summed E-state index contributed by atoms with van der Waals surface area (Å²) in [5.41, 5.74) is 3.45. The molecule has 2 aliphatic heterocycles. The van der Waals surface area contributed by atoms with Gasteiger partial charge in [0.2, 0.25) is 0 Å². The molecule has 7 nitrogen and oxygen atoms in total. The molecule has 0 saturated carbocycles. The van der Waals surface area contributed by atoms with Crippen LogP contribution < -0.4 is 15.4 Å². The van der Waals surface area contributed by atoms with E-state index < -0.39 is 11.9 Å². The molecule has 1 atom stereocenters. The minimum absolute atomic E-state index is 0.0769. The minimum atomic E-state index is -0.811. The number of benzene rings is 3. The lowest BCUT2D eigenvalue weighted by Crippen LogP contribution is -2.34. The summed E-state index contributed by atoms with van der Waals surface area (Å²) in [4.78, 5) is 26.7. The van der Waals surface area contributed by atoms with Gasteiger partial charge in [-0.1, -0.05) is 59.6 Å². The van der Waals surface area contributed by atoms with Crippen molar-refractivity contribution in [1.29, 1.82) is 5.26 Å². The van der Waals surface area contributed by atoms with E-state index in [1.165, 1.54) is 6.20 Å². The van der Waals surface area contributed by atoms with Crippen LogP contribution in [0.3, 0.4) is 0 Å². The van der Waals surface area contributed by atoms with E-state index in [2.05, 4.69) is 10.6 Å². The molecule has 0 aliphatic carbocycles. The number of hydrogen-bond donors (Lipinski definition) is 2. The first-order chi connectivity index (χ1) is 18.9. The van der Waals surface area contributed by atoms with Crippen LogP contribution in [-0.4, -0.2) is 25.1 Å². The Labute approximate surface area is 235 Å². The van der Waals surface area contributed by atoms with Crippen LogP contribution in [0.4, 0.5) is 5.69 Å². The Bertz CT molecular complexity index is 1570. The average Bonchev–Trinajstić information content (AvgIpc) is 2.93. The highest BCUT2D eigenvalue weighted by atomic mass is 35.5. The summed E-state index contributed by atoms with van der Waals surface area (Å²) in [7, 11) is 0. The van der Waals surface area contributed by atoms with Crippen molar-refractivity contribution in [3.05, 3.63) is 99.2 Å². The first kappa shape index (κ1) is 26.4. The summed E-state index contributed by atoms with van der Waals surface area (Å²) in [5.74, 6) is -0.549. The third-order valence-electron chi connectivity index (χ3n) is 6.49. The van der Waals surface area contributed by atoms with Gasteiger partial charge < -0.3 is 20.1 Å². The molecular weight excluding hydrogens is 537 g/mol. The van der Waals surface area contributed by atoms with Gasteiger partial charge in [0.15, 0.2) is 0 Å². The molecule has 3 aromatic rings. The van der Waals surface area contributed by atoms with Crippen molar-refractivity contribution in [2.24, 2.45) is 0 Å². The fourth-order valence-electron chi connectivity index (χ4n) is 4.81. The molecule has 0 spiro atoms. The highest BCUT2D eigenvalue weighted by molar-refractivity contribution is 6.35. The van der Waals surface area contributed by atoms with Gasteiger partial charge >= 0.3 is 5.97 Å². The second kappa shape index (κ2) is 11.2. The number of carbonyl (C=O) groups excluding carboxylic acids is 2. The quantitative estimate of drug-likeness (QED) is 0.211. The van der Waals surface area contributed by atoms with Gasteiger partial charge in [-0.05, 0) is 36.8 Å². The molecule has 1 unspecified atom stereocenters. The monoisotopic (exact) mass is 559 g/mol. The van der Waals surface area contributed by atoms with Crippen LogP contribution in [-0.2, 0) is 14.3 Å². The number of amides is 1. The van der Waals surface area contributed by atoms with Crippen molar-refractivity contribution in [3.63, 3.8) is 0 Å². The number of rotatable bonds is 5. The van der Waals surface area contributed by atoms with Crippen molar-refractivity contribution >= 4 is 46.3 Å². The molecule has 5 rings (SSSR count). The van der Waals surface area contributed by atoms with E-state index in [9.17, 15) is 14.9 Å². The highest BCUT2D eigenvalue weighted by Gasteiger charge is 2.32. The fourth-order valence-corrected chi connectivity index (χ4v) is 5.34. The van der Waals surface area contributed by atoms with Crippen LogP contribution in [0.1, 0.15) is 30.5 Å². The van der Waals surface area contributed by atoms with E-state index in [1.807, 2.05) is 36.4 Å². The van der Waals surface area contributed by atoms with Gasteiger partial charge in [-0.3, -0.25) is 4.79 Å². The SMILES string of the molecule is CCOC(=O)/C(C#N)=C1/C(C(=O)NC2CCOc3ccccc32)=CNc2c1cccc2-c1cc(Cl)cc(Cl)c1. The van der Waals surface area contributed by atoms with E-state index >= 15 is 0 Å². The largest absolute Gasteiger partial charge is 0.493 e.